The molecule has 1 aliphatic rings. The van der Waals surface area contributed by atoms with Gasteiger partial charge in [-0.1, -0.05) is 61.3 Å². The van der Waals surface area contributed by atoms with Gasteiger partial charge in [-0.05, 0) is 24.2 Å². The van der Waals surface area contributed by atoms with Gasteiger partial charge in [0, 0.05) is 31.2 Å². The van der Waals surface area contributed by atoms with Gasteiger partial charge in [0.2, 0.25) is 0 Å². The van der Waals surface area contributed by atoms with Crippen molar-refractivity contribution >= 4 is 0 Å². The highest BCUT2D eigenvalue weighted by atomic mass is 15.3. The zero-order valence-electron chi connectivity index (χ0n) is 15.1. The summed E-state index contributed by atoms with van der Waals surface area (Å²) in [6.45, 7) is 20.2. The van der Waals surface area contributed by atoms with Crippen LogP contribution in [0.15, 0.2) is 0 Å². The SMILES string of the molecule is CCC(CC)CN1CC(CC)(CC)NCC1C(C)(C)C. The van der Waals surface area contributed by atoms with Gasteiger partial charge in [0.15, 0.2) is 0 Å². The van der Waals surface area contributed by atoms with E-state index in [-0.39, 0.29) is 0 Å². The third kappa shape index (κ3) is 4.21. The number of hydrogen-bond donors (Lipinski definition) is 1. The molecule has 1 heterocycles. The normalized spacial score (nSPS) is 24.3. The Bertz CT molecular complexity index is 272. The lowest BCUT2D eigenvalue weighted by Gasteiger charge is -2.52. The van der Waals surface area contributed by atoms with Crippen molar-refractivity contribution < 1.29 is 0 Å². The molecule has 0 spiro atoms. The number of hydrogen-bond acceptors (Lipinski definition) is 2. The summed E-state index contributed by atoms with van der Waals surface area (Å²) in [6.07, 6.45) is 5.09. The molecule has 20 heavy (non-hydrogen) atoms. The summed E-state index contributed by atoms with van der Waals surface area (Å²) in [7, 11) is 0. The zero-order valence-corrected chi connectivity index (χ0v) is 15.1. The Morgan fingerprint density at radius 2 is 1.65 bits per heavy atom. The summed E-state index contributed by atoms with van der Waals surface area (Å²) in [5.74, 6) is 0.851. The lowest BCUT2D eigenvalue weighted by Crippen LogP contribution is -2.67. The molecule has 1 fully saturated rings. The van der Waals surface area contributed by atoms with E-state index < -0.39 is 0 Å². The minimum atomic E-state index is 0.341. The van der Waals surface area contributed by atoms with Gasteiger partial charge in [0.05, 0.1) is 0 Å². The van der Waals surface area contributed by atoms with E-state index >= 15 is 0 Å². The fourth-order valence-corrected chi connectivity index (χ4v) is 3.64. The third-order valence-corrected chi connectivity index (χ3v) is 5.62. The summed E-state index contributed by atoms with van der Waals surface area (Å²) in [6, 6.07) is 0.661. The standard InChI is InChI=1S/C18H38N2/c1-8-15(9-2)13-20-14-18(10-3,11-4)19-12-16(20)17(5,6)7/h15-16,19H,8-14H2,1-7H3. The van der Waals surface area contributed by atoms with Gasteiger partial charge in [-0.2, -0.15) is 0 Å². The Kier molecular flexibility index (Phi) is 6.53. The lowest BCUT2D eigenvalue weighted by atomic mass is 9.79. The Hall–Kier alpha value is -0.0800. The van der Waals surface area contributed by atoms with Crippen LogP contribution < -0.4 is 5.32 Å². The molecule has 0 bridgehead atoms. The Morgan fingerprint density at radius 3 is 2.05 bits per heavy atom. The van der Waals surface area contributed by atoms with Crippen molar-refractivity contribution in [3.63, 3.8) is 0 Å². The fourth-order valence-electron chi connectivity index (χ4n) is 3.64. The van der Waals surface area contributed by atoms with E-state index in [1.807, 2.05) is 0 Å². The van der Waals surface area contributed by atoms with Crippen LogP contribution in [0.1, 0.15) is 74.1 Å². The molecule has 0 radical (unpaired) electrons. The van der Waals surface area contributed by atoms with Crippen LogP contribution in [-0.2, 0) is 0 Å². The van der Waals surface area contributed by atoms with Gasteiger partial charge in [-0.3, -0.25) is 4.90 Å². The van der Waals surface area contributed by atoms with Crippen molar-refractivity contribution in [1.29, 1.82) is 0 Å². The summed E-state index contributed by atoms with van der Waals surface area (Å²) in [4.78, 5) is 2.81. The molecule has 1 rings (SSSR count). The average molecular weight is 283 g/mol. The van der Waals surface area contributed by atoms with Gasteiger partial charge in [-0.15, -0.1) is 0 Å². The molecule has 1 aliphatic heterocycles. The quantitative estimate of drug-likeness (QED) is 0.781. The van der Waals surface area contributed by atoms with Crippen LogP contribution in [0.2, 0.25) is 0 Å². The molecule has 0 aromatic heterocycles. The summed E-state index contributed by atoms with van der Waals surface area (Å²) in [5.41, 5.74) is 0.695. The molecule has 0 aliphatic carbocycles. The first-order chi connectivity index (χ1) is 9.31. The van der Waals surface area contributed by atoms with Crippen LogP contribution in [0.5, 0.6) is 0 Å². The molecule has 1 saturated heterocycles. The molecule has 2 heteroatoms. The molecular formula is C18H38N2. The smallest absolute Gasteiger partial charge is 0.0304 e. The topological polar surface area (TPSA) is 15.3 Å². The van der Waals surface area contributed by atoms with Crippen LogP contribution in [0, 0.1) is 11.3 Å². The first-order valence-corrected chi connectivity index (χ1v) is 8.80. The number of nitrogens with one attached hydrogen (secondary N) is 1. The van der Waals surface area contributed by atoms with Crippen molar-refractivity contribution in [3.05, 3.63) is 0 Å². The second-order valence-electron chi connectivity index (χ2n) is 7.86. The molecule has 1 unspecified atom stereocenters. The number of rotatable bonds is 6. The van der Waals surface area contributed by atoms with Crippen molar-refractivity contribution in [2.45, 2.75) is 85.7 Å². The summed E-state index contributed by atoms with van der Waals surface area (Å²) >= 11 is 0. The lowest BCUT2D eigenvalue weighted by molar-refractivity contribution is 0.00780. The van der Waals surface area contributed by atoms with E-state index in [9.17, 15) is 0 Å². The van der Waals surface area contributed by atoms with Gasteiger partial charge < -0.3 is 5.32 Å². The van der Waals surface area contributed by atoms with Crippen LogP contribution in [0.25, 0.3) is 0 Å². The second kappa shape index (κ2) is 7.26. The summed E-state index contributed by atoms with van der Waals surface area (Å²) < 4.78 is 0. The molecule has 120 valence electrons. The maximum absolute atomic E-state index is 3.89. The van der Waals surface area contributed by atoms with E-state index in [1.54, 1.807) is 0 Å². The van der Waals surface area contributed by atoms with E-state index in [0.29, 0.717) is 17.0 Å². The van der Waals surface area contributed by atoms with Gasteiger partial charge in [0.25, 0.3) is 0 Å². The van der Waals surface area contributed by atoms with Crippen LogP contribution in [0.3, 0.4) is 0 Å². The zero-order chi connectivity index (χ0) is 15.4. The highest BCUT2D eigenvalue weighted by molar-refractivity contribution is 5.00. The van der Waals surface area contributed by atoms with Crippen molar-refractivity contribution in [2.75, 3.05) is 19.6 Å². The van der Waals surface area contributed by atoms with Crippen molar-refractivity contribution in [3.8, 4) is 0 Å². The molecule has 0 aromatic rings. The van der Waals surface area contributed by atoms with E-state index in [0.717, 1.165) is 12.5 Å². The third-order valence-electron chi connectivity index (χ3n) is 5.62. The van der Waals surface area contributed by atoms with Crippen molar-refractivity contribution in [2.24, 2.45) is 11.3 Å². The van der Waals surface area contributed by atoms with Gasteiger partial charge >= 0.3 is 0 Å². The minimum Gasteiger partial charge on any atom is -0.308 e. The highest BCUT2D eigenvalue weighted by Crippen LogP contribution is 2.32. The Balaban J connectivity index is 2.88. The van der Waals surface area contributed by atoms with Gasteiger partial charge in [0.1, 0.15) is 0 Å². The van der Waals surface area contributed by atoms with Crippen molar-refractivity contribution in [1.82, 2.24) is 10.2 Å². The average Bonchev–Trinajstić information content (AvgIpc) is 2.43. The fraction of sp³-hybridized carbons (Fsp3) is 1.00. The van der Waals surface area contributed by atoms with Crippen LogP contribution in [-0.4, -0.2) is 36.1 Å². The second-order valence-corrected chi connectivity index (χ2v) is 7.86. The number of nitrogens with zero attached hydrogens (tertiary/aromatic N) is 1. The van der Waals surface area contributed by atoms with E-state index in [2.05, 4.69) is 58.7 Å². The number of piperazine rings is 1. The van der Waals surface area contributed by atoms with E-state index in [1.165, 1.54) is 38.8 Å². The van der Waals surface area contributed by atoms with E-state index in [4.69, 9.17) is 0 Å². The van der Waals surface area contributed by atoms with Crippen LogP contribution in [0.4, 0.5) is 0 Å². The summed E-state index contributed by atoms with van der Waals surface area (Å²) in [5, 5.41) is 3.89. The maximum atomic E-state index is 3.89. The first-order valence-electron chi connectivity index (χ1n) is 8.80. The van der Waals surface area contributed by atoms with Crippen LogP contribution >= 0.6 is 0 Å². The monoisotopic (exact) mass is 282 g/mol. The molecule has 0 amide bonds. The predicted octanol–water partition coefficient (Wildman–Crippen LogP) is 4.30. The molecule has 0 saturated carbocycles. The predicted molar refractivity (Wildman–Crippen MR) is 90.2 cm³/mol. The minimum absolute atomic E-state index is 0.341. The first kappa shape index (κ1) is 18.0. The maximum Gasteiger partial charge on any atom is 0.0304 e. The Labute approximate surface area is 127 Å². The molecular weight excluding hydrogens is 244 g/mol. The Morgan fingerprint density at radius 1 is 1.10 bits per heavy atom. The molecule has 0 aromatic carbocycles. The highest BCUT2D eigenvalue weighted by Gasteiger charge is 2.41. The van der Waals surface area contributed by atoms with Gasteiger partial charge in [-0.25, -0.2) is 0 Å². The molecule has 2 nitrogen and oxygen atoms in total. The molecule has 1 N–H and O–H groups in total. The molecule has 1 atom stereocenters. The largest absolute Gasteiger partial charge is 0.308 e.